The van der Waals surface area contributed by atoms with Crippen LogP contribution in [0.2, 0.25) is 0 Å². The second-order valence-electron chi connectivity index (χ2n) is 5.26. The molecular formula is C13H17ClN2O6. The lowest BCUT2D eigenvalue weighted by Crippen LogP contribution is -2.60. The normalized spacial score (nSPS) is 39.7. The molecule has 2 aliphatic heterocycles. The van der Waals surface area contributed by atoms with Gasteiger partial charge in [0.15, 0.2) is 6.23 Å². The summed E-state index contributed by atoms with van der Waals surface area (Å²) in [6.07, 6.45) is -5.13. The van der Waals surface area contributed by atoms with E-state index >= 15 is 0 Å². The second kappa shape index (κ2) is 6.04. The highest BCUT2D eigenvalue weighted by Gasteiger charge is 2.59. The maximum atomic E-state index is 12.1. The molecule has 0 aromatic rings. The number of hydrogen-bond donors (Lipinski definition) is 5. The molecule has 0 aliphatic carbocycles. The van der Waals surface area contributed by atoms with Crippen LogP contribution in [-0.4, -0.2) is 67.7 Å². The average molecular weight is 333 g/mol. The van der Waals surface area contributed by atoms with Gasteiger partial charge in [-0.05, 0) is 37.4 Å². The lowest BCUT2D eigenvalue weighted by molar-refractivity contribution is -0.102. The number of rotatable bonds is 2. The van der Waals surface area contributed by atoms with E-state index in [4.69, 9.17) is 16.3 Å². The monoisotopic (exact) mass is 332 g/mol. The number of nitrogens with zero attached hydrogens (tertiary/aromatic N) is 1. The molecule has 6 atom stereocenters. The third kappa shape index (κ3) is 2.67. The van der Waals surface area contributed by atoms with Gasteiger partial charge in [-0.15, -0.1) is 0 Å². The number of ether oxygens (including phenoxy) is 1. The highest BCUT2D eigenvalue weighted by Crippen LogP contribution is 2.36. The maximum absolute atomic E-state index is 12.1. The van der Waals surface area contributed by atoms with Gasteiger partial charge in [-0.25, -0.2) is 4.79 Å². The number of carbonyl (C=O) groups is 1. The fourth-order valence-electron chi connectivity index (χ4n) is 2.57. The van der Waals surface area contributed by atoms with Gasteiger partial charge in [0.1, 0.15) is 18.4 Å². The number of urea groups is 1. The topological polar surface area (TPSA) is 122 Å². The number of carbonyl (C=O) groups excluding carboxylic acids is 1. The average Bonchev–Trinajstić information content (AvgIpc) is 2.63. The zero-order valence-electron chi connectivity index (χ0n) is 11.9. The van der Waals surface area contributed by atoms with Crippen molar-refractivity contribution in [2.24, 2.45) is 0 Å². The van der Waals surface area contributed by atoms with Crippen LogP contribution in [0.1, 0.15) is 13.8 Å². The van der Waals surface area contributed by atoms with Crippen LogP contribution in [-0.2, 0) is 4.74 Å². The molecule has 0 spiro atoms. The molecule has 0 bridgehead atoms. The van der Waals surface area contributed by atoms with Crippen molar-refractivity contribution in [3.05, 3.63) is 11.8 Å². The van der Waals surface area contributed by atoms with Crippen LogP contribution in [0.4, 0.5) is 4.79 Å². The van der Waals surface area contributed by atoms with E-state index in [1.165, 1.54) is 19.9 Å². The molecule has 2 aliphatic rings. The molecule has 22 heavy (non-hydrogen) atoms. The Morgan fingerprint density at radius 1 is 1.55 bits per heavy atom. The van der Waals surface area contributed by atoms with Crippen molar-refractivity contribution < 1.29 is 30.0 Å². The number of aliphatic hydroxyl groups is 4. The van der Waals surface area contributed by atoms with Crippen LogP contribution < -0.4 is 5.32 Å². The first kappa shape index (κ1) is 17.0. The van der Waals surface area contributed by atoms with E-state index in [1.807, 2.05) is 5.38 Å². The third-order valence-electron chi connectivity index (χ3n) is 3.65. The van der Waals surface area contributed by atoms with Crippen molar-refractivity contribution in [1.29, 1.82) is 0 Å². The SMILES string of the molecule is CC1=CC(O)NC(=O)N1[C@@H]1O[C@H]([C@@H](C)O)[C@H](O)C1(O)C#CCl. The molecule has 2 unspecified atom stereocenters. The van der Waals surface area contributed by atoms with Gasteiger partial charge in [0.05, 0.1) is 6.10 Å². The van der Waals surface area contributed by atoms with Crippen LogP contribution in [0.5, 0.6) is 0 Å². The largest absolute Gasteiger partial charge is 0.391 e. The second-order valence-corrected chi connectivity index (χ2v) is 5.44. The van der Waals surface area contributed by atoms with E-state index in [0.29, 0.717) is 0 Å². The zero-order chi connectivity index (χ0) is 16.7. The molecule has 122 valence electrons. The van der Waals surface area contributed by atoms with Gasteiger partial charge in [0.2, 0.25) is 5.60 Å². The van der Waals surface area contributed by atoms with Crippen molar-refractivity contribution in [1.82, 2.24) is 10.2 Å². The Labute approximate surface area is 131 Å². The highest BCUT2D eigenvalue weighted by atomic mass is 35.5. The van der Waals surface area contributed by atoms with E-state index in [9.17, 15) is 25.2 Å². The molecule has 0 aromatic heterocycles. The summed E-state index contributed by atoms with van der Waals surface area (Å²) in [6, 6.07) is -0.745. The summed E-state index contributed by atoms with van der Waals surface area (Å²) < 4.78 is 5.45. The third-order valence-corrected chi connectivity index (χ3v) is 3.75. The van der Waals surface area contributed by atoms with Crippen LogP contribution in [0.15, 0.2) is 11.8 Å². The van der Waals surface area contributed by atoms with E-state index in [-0.39, 0.29) is 5.70 Å². The minimum Gasteiger partial charge on any atom is -0.391 e. The smallest absolute Gasteiger partial charge is 0.326 e. The first-order valence-corrected chi connectivity index (χ1v) is 6.93. The molecule has 0 saturated carbocycles. The number of amides is 2. The quantitative estimate of drug-likeness (QED) is 0.398. The predicted molar refractivity (Wildman–Crippen MR) is 75.1 cm³/mol. The van der Waals surface area contributed by atoms with E-state index in [2.05, 4.69) is 11.2 Å². The van der Waals surface area contributed by atoms with Crippen LogP contribution >= 0.6 is 11.6 Å². The summed E-state index contributed by atoms with van der Waals surface area (Å²) in [5.41, 5.74) is -1.91. The van der Waals surface area contributed by atoms with Gasteiger partial charge in [-0.3, -0.25) is 4.90 Å². The van der Waals surface area contributed by atoms with Gasteiger partial charge in [-0.2, -0.15) is 0 Å². The predicted octanol–water partition coefficient (Wildman–Crippen LogP) is -1.37. The van der Waals surface area contributed by atoms with Crippen molar-refractivity contribution in [3.8, 4) is 11.3 Å². The van der Waals surface area contributed by atoms with Crippen molar-refractivity contribution in [3.63, 3.8) is 0 Å². The van der Waals surface area contributed by atoms with Crippen LogP contribution in [0.25, 0.3) is 0 Å². The first-order valence-electron chi connectivity index (χ1n) is 6.55. The lowest BCUT2D eigenvalue weighted by atomic mass is 9.92. The molecule has 2 heterocycles. The molecule has 5 N–H and O–H groups in total. The Morgan fingerprint density at radius 3 is 2.68 bits per heavy atom. The molecule has 0 radical (unpaired) electrons. The van der Waals surface area contributed by atoms with Crippen LogP contribution in [0.3, 0.4) is 0 Å². The number of halogens is 1. The molecule has 0 aromatic carbocycles. The summed E-state index contributed by atoms with van der Waals surface area (Å²) in [7, 11) is 0. The Balaban J connectivity index is 2.45. The number of nitrogens with one attached hydrogen (secondary N) is 1. The van der Waals surface area contributed by atoms with E-state index < -0.39 is 42.4 Å². The summed E-state index contributed by atoms with van der Waals surface area (Å²) >= 11 is 5.34. The summed E-state index contributed by atoms with van der Waals surface area (Å²) in [5, 5.41) is 44.2. The molecule has 1 saturated heterocycles. The summed E-state index contributed by atoms with van der Waals surface area (Å²) in [6.45, 7) is 2.88. The molecule has 2 amide bonds. The van der Waals surface area contributed by atoms with Gasteiger partial charge >= 0.3 is 6.03 Å². The van der Waals surface area contributed by atoms with Gasteiger partial charge in [0.25, 0.3) is 0 Å². The minimum atomic E-state index is -2.20. The van der Waals surface area contributed by atoms with Gasteiger partial charge < -0.3 is 30.5 Å². The fraction of sp³-hybridized carbons (Fsp3) is 0.615. The summed E-state index contributed by atoms with van der Waals surface area (Å²) in [5.74, 6) is 2.23. The zero-order valence-corrected chi connectivity index (χ0v) is 12.7. The molecule has 9 heteroatoms. The minimum absolute atomic E-state index is 0.287. The summed E-state index contributed by atoms with van der Waals surface area (Å²) in [4.78, 5) is 13.1. The molecule has 8 nitrogen and oxygen atoms in total. The maximum Gasteiger partial charge on any atom is 0.326 e. The van der Waals surface area contributed by atoms with Crippen molar-refractivity contribution in [2.45, 2.75) is 50.2 Å². The highest BCUT2D eigenvalue weighted by molar-refractivity contribution is 6.30. The molecule has 2 rings (SSSR count). The Hall–Kier alpha value is -1.34. The van der Waals surface area contributed by atoms with Crippen molar-refractivity contribution >= 4 is 17.6 Å². The Morgan fingerprint density at radius 2 is 2.18 bits per heavy atom. The number of aliphatic hydroxyl groups excluding tert-OH is 3. The Kier molecular flexibility index (Phi) is 4.67. The van der Waals surface area contributed by atoms with Crippen LogP contribution in [0, 0.1) is 11.3 Å². The number of hydrogen-bond acceptors (Lipinski definition) is 6. The van der Waals surface area contributed by atoms with E-state index in [0.717, 1.165) is 4.90 Å². The fourth-order valence-corrected chi connectivity index (χ4v) is 2.72. The van der Waals surface area contributed by atoms with Gasteiger partial charge in [-0.1, -0.05) is 0 Å². The number of allylic oxidation sites excluding steroid dienone is 1. The lowest BCUT2D eigenvalue weighted by Gasteiger charge is -2.38. The van der Waals surface area contributed by atoms with E-state index in [1.54, 1.807) is 0 Å². The van der Waals surface area contributed by atoms with Gasteiger partial charge in [0, 0.05) is 11.1 Å². The standard InChI is InChI=1S/C13H17ClN2O6/c1-6-5-8(18)15-12(20)16(6)11-13(21,3-4-14)10(19)9(22-11)7(2)17/h5,7-11,17-19,21H,1-2H3,(H,15,20)/t7-,8?,9-,10+,11-,13?/m1/s1. The molecular weight excluding hydrogens is 316 g/mol. The van der Waals surface area contributed by atoms with Crippen molar-refractivity contribution in [2.75, 3.05) is 0 Å². The Bertz CT molecular complexity index is 556. The molecule has 1 fully saturated rings. The first-order chi connectivity index (χ1) is 10.2.